The van der Waals surface area contributed by atoms with Crippen molar-refractivity contribution in [2.75, 3.05) is 6.61 Å². The third kappa shape index (κ3) is 6.09. The van der Waals surface area contributed by atoms with Gasteiger partial charge in [-0.05, 0) is 25.5 Å². The zero-order chi connectivity index (χ0) is 25.8. The van der Waals surface area contributed by atoms with E-state index in [0.29, 0.717) is 12.8 Å². The van der Waals surface area contributed by atoms with E-state index in [0.717, 1.165) is 38.5 Å². The van der Waals surface area contributed by atoms with Gasteiger partial charge in [0.15, 0.2) is 6.23 Å². The SMILES string of the molecule is NC1NC(O)C23CCCCCCCCCCCCCC1(C=CN2C1OC(COP(O)O)C(O)C1O)C3. The quantitative estimate of drug-likeness (QED) is 0.267. The van der Waals surface area contributed by atoms with Crippen LogP contribution in [0.5, 0.6) is 0 Å². The number of piperidine rings is 1. The van der Waals surface area contributed by atoms with Crippen LogP contribution in [0, 0.1) is 5.41 Å². The summed E-state index contributed by atoms with van der Waals surface area (Å²) in [5, 5.41) is 36.3. The molecule has 3 heterocycles. The minimum absolute atomic E-state index is 0.256. The van der Waals surface area contributed by atoms with Gasteiger partial charge in [-0.2, -0.15) is 0 Å². The smallest absolute Gasteiger partial charge is 0.327 e. The minimum atomic E-state index is -2.60. The second kappa shape index (κ2) is 12.6. The average Bonchev–Trinajstić information content (AvgIpc) is 3.12. The third-order valence-electron chi connectivity index (χ3n) is 8.90. The molecule has 8 N–H and O–H groups in total. The summed E-state index contributed by atoms with van der Waals surface area (Å²) in [5.41, 5.74) is 5.53. The first-order chi connectivity index (χ1) is 17.3. The number of aliphatic hydroxyl groups is 3. The molecule has 10 nitrogen and oxygen atoms in total. The molecule has 0 aromatic rings. The van der Waals surface area contributed by atoms with E-state index in [-0.39, 0.29) is 18.2 Å². The summed E-state index contributed by atoms with van der Waals surface area (Å²) in [4.78, 5) is 20.1. The Bertz CT molecular complexity index is 734. The summed E-state index contributed by atoms with van der Waals surface area (Å²) in [5.74, 6) is 0. The van der Waals surface area contributed by atoms with Crippen LogP contribution in [0.25, 0.3) is 0 Å². The average molecular weight is 532 g/mol. The van der Waals surface area contributed by atoms with Crippen LogP contribution in [0.1, 0.15) is 89.9 Å². The fourth-order valence-corrected chi connectivity index (χ4v) is 7.05. The van der Waals surface area contributed by atoms with E-state index in [9.17, 15) is 15.3 Å². The summed E-state index contributed by atoms with van der Waals surface area (Å²) in [6, 6.07) is 0. The number of nitrogens with one attached hydrogen (secondary N) is 1. The Morgan fingerprint density at radius 2 is 1.50 bits per heavy atom. The Balaban J connectivity index is 1.60. The van der Waals surface area contributed by atoms with Crippen molar-refractivity contribution in [3.63, 3.8) is 0 Å². The molecule has 8 unspecified atom stereocenters. The van der Waals surface area contributed by atoms with Gasteiger partial charge in [-0.25, -0.2) is 0 Å². The van der Waals surface area contributed by atoms with Gasteiger partial charge in [0.25, 0.3) is 0 Å². The Labute approximate surface area is 215 Å². The summed E-state index contributed by atoms with van der Waals surface area (Å²) in [6.45, 7) is -0.256. The molecule has 2 saturated heterocycles. The van der Waals surface area contributed by atoms with Crippen molar-refractivity contribution in [1.82, 2.24) is 10.2 Å². The molecular formula is C25H46N3O7P. The normalized spacial score (nSPS) is 43.1. The monoisotopic (exact) mass is 531 g/mol. The third-order valence-corrected chi connectivity index (χ3v) is 9.28. The highest BCUT2D eigenvalue weighted by Gasteiger charge is 2.60. The van der Waals surface area contributed by atoms with Crippen LogP contribution in [0.4, 0.5) is 0 Å². The standard InChI is InChI=1S/C25H46N3O7P/c26-22-24-12-10-8-6-4-2-1-3-5-7-9-11-13-25(17-24,23(31)27-22)28(15-14-24)21-20(30)19(29)18(35-21)16-34-36(32)33/h14-15,18-23,27,29-33H,1-13,16-17,26H2. The maximum absolute atomic E-state index is 11.4. The van der Waals surface area contributed by atoms with Gasteiger partial charge in [0.1, 0.15) is 24.5 Å². The highest BCUT2D eigenvalue weighted by atomic mass is 31.2. The van der Waals surface area contributed by atoms with Crippen LogP contribution in [-0.4, -0.2) is 79.1 Å². The molecule has 4 rings (SSSR count). The van der Waals surface area contributed by atoms with Gasteiger partial charge in [-0.15, -0.1) is 0 Å². The molecule has 1 saturated carbocycles. The molecular weight excluding hydrogens is 485 g/mol. The van der Waals surface area contributed by atoms with Crippen molar-refractivity contribution >= 4 is 8.60 Å². The van der Waals surface area contributed by atoms with Crippen molar-refractivity contribution in [2.45, 2.75) is 132 Å². The molecule has 208 valence electrons. The lowest BCUT2D eigenvalue weighted by molar-refractivity contribution is -0.185. The second-order valence-corrected chi connectivity index (χ2v) is 12.0. The van der Waals surface area contributed by atoms with E-state index in [1.165, 1.54) is 38.5 Å². The van der Waals surface area contributed by atoms with Crippen molar-refractivity contribution in [3.8, 4) is 0 Å². The maximum atomic E-state index is 11.4. The molecule has 0 radical (unpaired) electrons. The summed E-state index contributed by atoms with van der Waals surface area (Å²) >= 11 is 0. The molecule has 0 spiro atoms. The van der Waals surface area contributed by atoms with Crippen molar-refractivity contribution < 1.29 is 34.4 Å². The van der Waals surface area contributed by atoms with Crippen molar-refractivity contribution in [3.05, 3.63) is 12.3 Å². The fraction of sp³-hybridized carbons (Fsp3) is 0.920. The number of nitrogens with two attached hydrogens (primary N) is 1. The first kappa shape index (κ1) is 28.6. The summed E-state index contributed by atoms with van der Waals surface area (Å²) in [6.07, 6.45) is 13.6. The van der Waals surface area contributed by atoms with Crippen LogP contribution in [0.2, 0.25) is 0 Å². The molecule has 4 aliphatic rings. The van der Waals surface area contributed by atoms with Gasteiger partial charge in [0.05, 0.1) is 18.3 Å². The van der Waals surface area contributed by atoms with E-state index in [1.54, 1.807) is 0 Å². The molecule has 1 aliphatic carbocycles. The largest absolute Gasteiger partial charge is 0.387 e. The Hall–Kier alpha value is -0.390. The van der Waals surface area contributed by atoms with Crippen LogP contribution >= 0.6 is 8.60 Å². The zero-order valence-electron chi connectivity index (χ0n) is 21.2. The minimum Gasteiger partial charge on any atom is -0.387 e. The van der Waals surface area contributed by atoms with Crippen molar-refractivity contribution in [2.24, 2.45) is 11.1 Å². The second-order valence-electron chi connectivity index (χ2n) is 11.3. The van der Waals surface area contributed by atoms with Crippen LogP contribution < -0.4 is 11.1 Å². The first-order valence-electron chi connectivity index (χ1n) is 13.8. The number of ether oxygens (including phenoxy) is 1. The molecule has 0 amide bonds. The highest BCUT2D eigenvalue weighted by Crippen LogP contribution is 2.51. The van der Waals surface area contributed by atoms with Gasteiger partial charge in [-0.1, -0.05) is 76.7 Å². The predicted molar refractivity (Wildman–Crippen MR) is 136 cm³/mol. The van der Waals surface area contributed by atoms with Crippen LogP contribution in [0.3, 0.4) is 0 Å². The predicted octanol–water partition coefficient (Wildman–Crippen LogP) is 1.90. The number of hydrogen-bond donors (Lipinski definition) is 7. The van der Waals surface area contributed by atoms with E-state index in [2.05, 4.69) is 11.4 Å². The summed E-state index contributed by atoms with van der Waals surface area (Å²) in [7, 11) is -2.60. The van der Waals surface area contributed by atoms with Gasteiger partial charge < -0.3 is 45.0 Å². The molecule has 11 heteroatoms. The number of rotatable bonds is 4. The molecule has 0 aromatic carbocycles. The van der Waals surface area contributed by atoms with Gasteiger partial charge in [-0.3, -0.25) is 5.32 Å². The topological polar surface area (TPSA) is 161 Å². The van der Waals surface area contributed by atoms with E-state index in [1.807, 2.05) is 11.1 Å². The lowest BCUT2D eigenvalue weighted by Gasteiger charge is -2.61. The maximum Gasteiger partial charge on any atom is 0.327 e. The number of nitrogens with zero attached hydrogens (tertiary/aromatic N) is 1. The molecule has 0 aromatic heterocycles. The van der Waals surface area contributed by atoms with Gasteiger partial charge in [0.2, 0.25) is 0 Å². The summed E-state index contributed by atoms with van der Waals surface area (Å²) < 4.78 is 10.9. The van der Waals surface area contributed by atoms with Gasteiger partial charge in [0, 0.05) is 5.41 Å². The molecule has 8 atom stereocenters. The number of aliphatic hydroxyl groups excluding tert-OH is 3. The number of hydrogen-bond acceptors (Lipinski definition) is 10. The van der Waals surface area contributed by atoms with Crippen molar-refractivity contribution in [1.29, 1.82) is 0 Å². The zero-order valence-corrected chi connectivity index (χ0v) is 22.1. The van der Waals surface area contributed by atoms with E-state index >= 15 is 0 Å². The molecule has 36 heavy (non-hydrogen) atoms. The Kier molecular flexibility index (Phi) is 10.0. The molecule has 3 aliphatic heterocycles. The van der Waals surface area contributed by atoms with Crippen LogP contribution in [-0.2, 0) is 9.26 Å². The molecule has 2 bridgehead atoms. The van der Waals surface area contributed by atoms with E-state index in [4.69, 9.17) is 24.8 Å². The lowest BCUT2D eigenvalue weighted by atomic mass is 9.63. The lowest BCUT2D eigenvalue weighted by Crippen LogP contribution is -2.75. The fourth-order valence-electron chi connectivity index (χ4n) is 6.77. The Morgan fingerprint density at radius 3 is 2.11 bits per heavy atom. The van der Waals surface area contributed by atoms with E-state index < -0.39 is 44.9 Å². The molecule has 3 fully saturated rings. The van der Waals surface area contributed by atoms with Crippen LogP contribution in [0.15, 0.2) is 12.3 Å². The highest BCUT2D eigenvalue weighted by molar-refractivity contribution is 7.39. The Morgan fingerprint density at radius 1 is 0.917 bits per heavy atom. The first-order valence-corrected chi connectivity index (χ1v) is 15.0. The van der Waals surface area contributed by atoms with Gasteiger partial charge >= 0.3 is 8.60 Å².